The maximum Gasteiger partial charge on any atom is 0.126 e. The van der Waals surface area contributed by atoms with Gasteiger partial charge in [-0.05, 0) is 94.5 Å². The molecule has 3 aromatic carbocycles. The van der Waals surface area contributed by atoms with Gasteiger partial charge in [-0.1, -0.05) is 110 Å². The molecule has 0 spiro atoms. The molecule has 1 unspecified atom stereocenters. The summed E-state index contributed by atoms with van der Waals surface area (Å²) >= 11 is 0. The first-order valence-electron chi connectivity index (χ1n) is 14.1. The molecule has 1 heterocycles. The fourth-order valence-corrected chi connectivity index (χ4v) is 6.23. The smallest absolute Gasteiger partial charge is 0.126 e. The van der Waals surface area contributed by atoms with Crippen LogP contribution in [0, 0.1) is 5.92 Å². The molecule has 0 N–H and O–H groups in total. The van der Waals surface area contributed by atoms with Crippen LogP contribution in [0.3, 0.4) is 0 Å². The zero-order valence-electron chi connectivity index (χ0n) is 22.8. The van der Waals surface area contributed by atoms with Gasteiger partial charge < -0.3 is 4.74 Å². The van der Waals surface area contributed by atoms with Gasteiger partial charge in [0.2, 0.25) is 0 Å². The summed E-state index contributed by atoms with van der Waals surface area (Å²) in [5.41, 5.74) is 12.9. The number of hydrogen-bond acceptors (Lipinski definition) is 1. The molecule has 190 valence electrons. The zero-order valence-corrected chi connectivity index (χ0v) is 22.8. The maximum absolute atomic E-state index is 5.34. The first kappa shape index (κ1) is 24.5. The summed E-state index contributed by atoms with van der Waals surface area (Å²) in [5.74, 6) is 1.45. The fourth-order valence-electron chi connectivity index (χ4n) is 6.23. The molecule has 1 heteroatoms. The second-order valence-corrected chi connectivity index (χ2v) is 10.6. The van der Waals surface area contributed by atoms with Crippen molar-refractivity contribution in [2.75, 3.05) is 6.61 Å². The Balaban J connectivity index is 0.000000221. The average Bonchev–Trinajstić information content (AvgIpc) is 2.98. The van der Waals surface area contributed by atoms with Crippen LogP contribution < -0.4 is 15.2 Å². The number of fused-ring (bicyclic) bond motifs is 5. The van der Waals surface area contributed by atoms with Crippen molar-refractivity contribution in [3.05, 3.63) is 128 Å². The van der Waals surface area contributed by atoms with Gasteiger partial charge in [-0.2, -0.15) is 0 Å². The van der Waals surface area contributed by atoms with Crippen molar-refractivity contribution in [3.63, 3.8) is 0 Å². The van der Waals surface area contributed by atoms with Crippen molar-refractivity contribution in [2.45, 2.75) is 46.5 Å². The number of hydrogen-bond donors (Lipinski definition) is 0. The quantitative estimate of drug-likeness (QED) is 0.351. The standard InChI is InChI=1S/C28H28.C9H8O/c1-4-20-9-5-8-12-23(20)28-19(3)18(2)17-27-25-14-13-21-10-6-7-11-22(21)24(25)15-16-26(27)28;1-2-6-9-8(4-1)5-3-7-10-9/h5,7-9,11-12,14-18H,4,6,10,13H2,1-3H3;1-6H,7H2. The number of ether oxygens (including phenoxy) is 1. The molecular formula is C37H36O. The first-order valence-corrected chi connectivity index (χ1v) is 14.1. The van der Waals surface area contributed by atoms with Crippen molar-refractivity contribution < 1.29 is 4.74 Å². The molecule has 0 fully saturated rings. The van der Waals surface area contributed by atoms with Gasteiger partial charge in [0.15, 0.2) is 0 Å². The highest BCUT2D eigenvalue weighted by atomic mass is 16.5. The number of benzene rings is 3. The van der Waals surface area contributed by atoms with Gasteiger partial charge >= 0.3 is 0 Å². The fraction of sp³-hybridized carbons (Fsp3) is 0.243. The molecule has 4 aliphatic rings. The Morgan fingerprint density at radius 3 is 2.53 bits per heavy atom. The van der Waals surface area contributed by atoms with E-state index in [2.05, 4.69) is 87.5 Å². The van der Waals surface area contributed by atoms with Gasteiger partial charge in [-0.3, -0.25) is 0 Å². The third-order valence-corrected chi connectivity index (χ3v) is 8.39. The minimum atomic E-state index is 0.463. The Morgan fingerprint density at radius 1 is 0.842 bits per heavy atom. The van der Waals surface area contributed by atoms with Crippen molar-refractivity contribution in [1.29, 1.82) is 0 Å². The number of rotatable bonds is 2. The molecule has 7 rings (SSSR count). The van der Waals surface area contributed by atoms with Gasteiger partial charge in [0.1, 0.15) is 12.4 Å². The molecule has 0 amide bonds. The molecule has 0 saturated heterocycles. The van der Waals surface area contributed by atoms with Crippen LogP contribution in [0.15, 0.2) is 90.0 Å². The monoisotopic (exact) mass is 496 g/mol. The average molecular weight is 497 g/mol. The molecule has 0 aromatic heterocycles. The van der Waals surface area contributed by atoms with Crippen LogP contribution in [-0.4, -0.2) is 6.61 Å². The first-order chi connectivity index (χ1) is 18.7. The zero-order chi connectivity index (χ0) is 26.1. The van der Waals surface area contributed by atoms with Gasteiger partial charge in [-0.25, -0.2) is 0 Å². The van der Waals surface area contributed by atoms with Crippen LogP contribution in [0.25, 0.3) is 29.4 Å². The third-order valence-electron chi connectivity index (χ3n) is 8.39. The summed E-state index contributed by atoms with van der Waals surface area (Å²) in [5, 5.41) is 2.90. The van der Waals surface area contributed by atoms with E-state index in [0.717, 1.165) is 18.6 Å². The second-order valence-electron chi connectivity index (χ2n) is 10.6. The van der Waals surface area contributed by atoms with Crippen LogP contribution in [-0.2, 0) is 6.42 Å². The van der Waals surface area contributed by atoms with Crippen LogP contribution in [0.2, 0.25) is 0 Å². The van der Waals surface area contributed by atoms with Gasteiger partial charge in [0.05, 0.1) is 0 Å². The Kier molecular flexibility index (Phi) is 6.77. The number of aryl methyl sites for hydroxylation is 1. The van der Waals surface area contributed by atoms with E-state index in [4.69, 9.17) is 4.74 Å². The molecular weight excluding hydrogens is 460 g/mol. The maximum atomic E-state index is 5.34. The minimum absolute atomic E-state index is 0.463. The predicted octanol–water partition coefficient (Wildman–Crippen LogP) is 7.88. The number of allylic oxidation sites excluding steroid dienone is 5. The highest BCUT2D eigenvalue weighted by Crippen LogP contribution is 2.36. The van der Waals surface area contributed by atoms with Crippen molar-refractivity contribution in [3.8, 4) is 5.75 Å². The molecule has 3 aromatic rings. The van der Waals surface area contributed by atoms with Crippen LogP contribution >= 0.6 is 0 Å². The van der Waals surface area contributed by atoms with Crippen LogP contribution in [0.5, 0.6) is 5.75 Å². The Morgan fingerprint density at radius 2 is 1.66 bits per heavy atom. The van der Waals surface area contributed by atoms with Crippen LogP contribution in [0.4, 0.5) is 0 Å². The number of para-hydroxylation sites is 1. The molecule has 0 saturated carbocycles. The third kappa shape index (κ3) is 4.41. The summed E-state index contributed by atoms with van der Waals surface area (Å²) in [6.07, 6.45) is 18.4. The van der Waals surface area contributed by atoms with E-state index in [1.165, 1.54) is 67.8 Å². The van der Waals surface area contributed by atoms with E-state index < -0.39 is 0 Å². The lowest BCUT2D eigenvalue weighted by Gasteiger charge is -2.26. The van der Waals surface area contributed by atoms with E-state index >= 15 is 0 Å². The van der Waals surface area contributed by atoms with Gasteiger partial charge in [0, 0.05) is 5.56 Å². The summed E-state index contributed by atoms with van der Waals surface area (Å²) in [7, 11) is 0. The Hall–Kier alpha value is -3.84. The Labute approximate surface area is 226 Å². The normalized spacial score (nSPS) is 18.6. The largest absolute Gasteiger partial charge is 0.489 e. The lowest BCUT2D eigenvalue weighted by atomic mass is 9.78. The van der Waals surface area contributed by atoms with E-state index in [0.29, 0.717) is 12.5 Å². The minimum Gasteiger partial charge on any atom is -0.489 e. The molecule has 38 heavy (non-hydrogen) atoms. The predicted molar refractivity (Wildman–Crippen MR) is 162 cm³/mol. The van der Waals surface area contributed by atoms with E-state index in [1.807, 2.05) is 30.3 Å². The molecule has 1 aliphatic heterocycles. The highest BCUT2D eigenvalue weighted by Gasteiger charge is 2.23. The molecule has 3 aliphatic carbocycles. The van der Waals surface area contributed by atoms with E-state index in [-0.39, 0.29) is 0 Å². The lowest BCUT2D eigenvalue weighted by Crippen LogP contribution is -2.36. The lowest BCUT2D eigenvalue weighted by molar-refractivity contribution is 0.358. The summed E-state index contributed by atoms with van der Waals surface area (Å²) < 4.78 is 5.34. The summed E-state index contributed by atoms with van der Waals surface area (Å²) in [6, 6.07) is 21.7. The molecule has 1 atom stereocenters. The summed E-state index contributed by atoms with van der Waals surface area (Å²) in [4.78, 5) is 0. The van der Waals surface area contributed by atoms with Crippen molar-refractivity contribution >= 4 is 29.4 Å². The summed E-state index contributed by atoms with van der Waals surface area (Å²) in [6.45, 7) is 7.63. The second kappa shape index (κ2) is 10.5. The van der Waals surface area contributed by atoms with Crippen LogP contribution in [0.1, 0.15) is 67.9 Å². The van der Waals surface area contributed by atoms with E-state index in [1.54, 1.807) is 5.57 Å². The topological polar surface area (TPSA) is 9.23 Å². The van der Waals surface area contributed by atoms with Crippen molar-refractivity contribution in [2.24, 2.45) is 5.92 Å². The highest BCUT2D eigenvalue weighted by molar-refractivity contribution is 5.89. The van der Waals surface area contributed by atoms with Gasteiger partial charge in [-0.15, -0.1) is 0 Å². The van der Waals surface area contributed by atoms with E-state index in [9.17, 15) is 0 Å². The molecule has 0 radical (unpaired) electrons. The Bertz CT molecular complexity index is 1640. The SMILES string of the molecule is C1=Cc2ccccc2OC1.CCc1ccccc1C1=C(C)C(C)C=c2c1ccc1c2=CCC2=C1C=CCC2. The van der Waals surface area contributed by atoms with Gasteiger partial charge in [0.25, 0.3) is 0 Å². The molecule has 1 nitrogen and oxygen atoms in total. The van der Waals surface area contributed by atoms with Crippen molar-refractivity contribution in [1.82, 2.24) is 0 Å². The molecule has 0 bridgehead atoms.